The van der Waals surface area contributed by atoms with Crippen LogP contribution in [0.1, 0.15) is 65.9 Å². The summed E-state index contributed by atoms with van der Waals surface area (Å²) in [6.45, 7) is 8.24. The van der Waals surface area contributed by atoms with Gasteiger partial charge in [0, 0.05) is 5.56 Å². The Kier molecular flexibility index (Phi) is 12.2. The van der Waals surface area contributed by atoms with E-state index in [1.165, 1.54) is 13.3 Å². The quantitative estimate of drug-likeness (QED) is 0.0356. The Morgan fingerprint density at radius 1 is 0.918 bits per heavy atom. The molecule has 11 heteroatoms. The predicted octanol–water partition coefficient (Wildman–Crippen LogP) is 5.76. The van der Waals surface area contributed by atoms with Crippen LogP contribution in [-0.2, 0) is 43.0 Å². The number of rotatable bonds is 17. The third kappa shape index (κ3) is 9.21. The number of oxime groups is 1. The number of fused-ring (bicyclic) bond motifs is 2. The number of methoxy groups -OCH3 is 1. The van der Waals surface area contributed by atoms with Crippen molar-refractivity contribution >= 4 is 51.6 Å². The molecule has 1 saturated heterocycles. The normalized spacial score (nSPS) is 17.6. The number of hydrogen-bond acceptors (Lipinski definition) is 11. The Labute approximate surface area is 286 Å². The minimum absolute atomic E-state index is 0.00542. The first-order valence-corrected chi connectivity index (χ1v) is 16.6. The van der Waals surface area contributed by atoms with Crippen LogP contribution in [0.4, 0.5) is 0 Å². The van der Waals surface area contributed by atoms with Crippen molar-refractivity contribution in [3.8, 4) is 0 Å². The van der Waals surface area contributed by atoms with Crippen molar-refractivity contribution < 1.29 is 48.1 Å². The van der Waals surface area contributed by atoms with E-state index in [0.29, 0.717) is 13.0 Å². The topological polar surface area (TPSA) is 150 Å². The predicted molar refractivity (Wildman–Crippen MR) is 184 cm³/mol. The highest BCUT2D eigenvalue weighted by Gasteiger charge is 2.49. The molecule has 0 aromatic heterocycles. The fraction of sp³-hybridized carbons (Fsp3) is 0.500. The first kappa shape index (κ1) is 37.5. The average Bonchev–Trinajstić information content (AvgIpc) is 3.92. The van der Waals surface area contributed by atoms with Gasteiger partial charge in [-0.05, 0) is 81.0 Å². The summed E-state index contributed by atoms with van der Waals surface area (Å²) in [5.74, 6) is -3.54. The Morgan fingerprint density at radius 3 is 2.08 bits per heavy atom. The molecule has 0 saturated carbocycles. The number of carbonyl (C=O) groups excluding carboxylic acids is 4. The van der Waals surface area contributed by atoms with Crippen LogP contribution < -0.4 is 0 Å². The fourth-order valence-corrected chi connectivity index (χ4v) is 6.37. The summed E-state index contributed by atoms with van der Waals surface area (Å²) >= 11 is 0. The maximum Gasteiger partial charge on any atom is 0.340 e. The molecule has 0 radical (unpaired) electrons. The molecule has 1 heterocycles. The van der Waals surface area contributed by atoms with Gasteiger partial charge in [0.25, 0.3) is 0 Å². The van der Waals surface area contributed by atoms with E-state index in [1.807, 2.05) is 55.5 Å². The lowest BCUT2D eigenvalue weighted by Crippen LogP contribution is -2.43. The summed E-state index contributed by atoms with van der Waals surface area (Å²) in [5.41, 5.74) is -2.93. The maximum atomic E-state index is 13.7. The van der Waals surface area contributed by atoms with E-state index >= 15 is 0 Å². The summed E-state index contributed by atoms with van der Waals surface area (Å²) in [7, 11) is 1.28. The second-order valence-corrected chi connectivity index (χ2v) is 13.9. The molecule has 0 bridgehead atoms. The first-order valence-electron chi connectivity index (χ1n) is 16.6. The van der Waals surface area contributed by atoms with E-state index in [1.54, 1.807) is 27.7 Å². The molecule has 1 fully saturated rings. The molecular weight excluding hydrogens is 630 g/mol. The van der Waals surface area contributed by atoms with Gasteiger partial charge in [0.1, 0.15) is 19.3 Å². The van der Waals surface area contributed by atoms with Crippen LogP contribution in [0.15, 0.2) is 59.8 Å². The number of epoxide rings is 1. The summed E-state index contributed by atoms with van der Waals surface area (Å²) < 4.78 is 21.2. The largest absolute Gasteiger partial charge is 0.469 e. The molecule has 3 aromatic carbocycles. The van der Waals surface area contributed by atoms with Crippen LogP contribution in [-0.4, -0.2) is 74.8 Å². The molecule has 0 aliphatic carbocycles. The van der Waals surface area contributed by atoms with E-state index in [-0.39, 0.29) is 38.6 Å². The van der Waals surface area contributed by atoms with Crippen molar-refractivity contribution in [2.75, 3.05) is 33.5 Å². The lowest BCUT2D eigenvalue weighted by Gasteiger charge is -2.38. The SMILES string of the molecule is CCC(C)(CC(C)(CC(CC(C)(C)C(=O)O/N=C/c1c2ccccc2cc2ccccc12)C(=O)OCCO)C(=O)OCC1CO1)C(=O)OC. The van der Waals surface area contributed by atoms with Crippen LogP contribution in [0, 0.1) is 22.2 Å². The molecule has 1 aliphatic rings. The van der Waals surface area contributed by atoms with Gasteiger partial charge in [-0.1, -0.05) is 60.6 Å². The highest BCUT2D eigenvalue weighted by Crippen LogP contribution is 2.45. The van der Waals surface area contributed by atoms with E-state index in [9.17, 15) is 24.3 Å². The fourth-order valence-electron chi connectivity index (χ4n) is 6.37. The average molecular weight is 678 g/mol. The third-order valence-corrected chi connectivity index (χ3v) is 9.34. The number of nitrogens with zero attached hydrogens (tertiary/aromatic N) is 1. The molecule has 4 unspecified atom stereocenters. The molecule has 0 amide bonds. The second kappa shape index (κ2) is 15.9. The zero-order valence-electron chi connectivity index (χ0n) is 29.2. The second-order valence-electron chi connectivity index (χ2n) is 13.9. The monoisotopic (exact) mass is 677 g/mol. The van der Waals surface area contributed by atoms with Gasteiger partial charge in [0.05, 0.1) is 48.7 Å². The van der Waals surface area contributed by atoms with Crippen molar-refractivity contribution in [1.29, 1.82) is 0 Å². The molecule has 49 heavy (non-hydrogen) atoms. The van der Waals surface area contributed by atoms with Crippen molar-refractivity contribution in [2.24, 2.45) is 27.3 Å². The van der Waals surface area contributed by atoms with E-state index in [4.69, 9.17) is 23.8 Å². The molecule has 1 aliphatic heterocycles. The van der Waals surface area contributed by atoms with Gasteiger partial charge in [0.15, 0.2) is 0 Å². The lowest BCUT2D eigenvalue weighted by molar-refractivity contribution is -0.166. The minimum Gasteiger partial charge on any atom is -0.469 e. The van der Waals surface area contributed by atoms with Crippen LogP contribution in [0.3, 0.4) is 0 Å². The van der Waals surface area contributed by atoms with E-state index in [0.717, 1.165) is 27.1 Å². The Balaban J connectivity index is 1.60. The summed E-state index contributed by atoms with van der Waals surface area (Å²) in [6, 6.07) is 17.8. The van der Waals surface area contributed by atoms with Crippen LogP contribution in [0.25, 0.3) is 21.5 Å². The first-order chi connectivity index (χ1) is 23.3. The molecule has 4 rings (SSSR count). The molecule has 0 spiro atoms. The molecule has 1 N–H and O–H groups in total. The van der Waals surface area contributed by atoms with Gasteiger partial charge in [-0.15, -0.1) is 0 Å². The van der Waals surface area contributed by atoms with Crippen molar-refractivity contribution in [3.63, 3.8) is 0 Å². The number of carbonyl (C=O) groups is 4. The molecule has 3 aromatic rings. The number of ether oxygens (including phenoxy) is 4. The van der Waals surface area contributed by atoms with Crippen molar-refractivity contribution in [2.45, 2.75) is 66.4 Å². The Hall–Kier alpha value is -4.35. The van der Waals surface area contributed by atoms with Crippen LogP contribution in [0.2, 0.25) is 0 Å². The van der Waals surface area contributed by atoms with Crippen molar-refractivity contribution in [3.05, 3.63) is 60.2 Å². The number of aliphatic hydroxyl groups is 1. The highest BCUT2D eigenvalue weighted by atomic mass is 16.7. The number of benzene rings is 3. The molecule has 4 atom stereocenters. The van der Waals surface area contributed by atoms with Gasteiger partial charge in [0.2, 0.25) is 0 Å². The smallest absolute Gasteiger partial charge is 0.340 e. The van der Waals surface area contributed by atoms with Crippen molar-refractivity contribution in [1.82, 2.24) is 0 Å². The summed E-state index contributed by atoms with van der Waals surface area (Å²) in [5, 5.41) is 17.3. The number of hydrogen-bond donors (Lipinski definition) is 1. The zero-order valence-corrected chi connectivity index (χ0v) is 29.2. The Morgan fingerprint density at radius 2 is 1.53 bits per heavy atom. The summed E-state index contributed by atoms with van der Waals surface area (Å²) in [6.07, 6.45) is 1.48. The maximum absolute atomic E-state index is 13.7. The standard InChI is InChI=1S/C38H47NO10/c1-7-37(4,34(43)45-6)24-38(5,35(44)48-23-28-22-47-28)20-27(32(41)46-17-16-40)19-36(2,3)33(42)49-39-21-31-29-14-10-8-12-25(29)18-26-13-9-11-15-30(26)31/h8-15,18,21,27-28,40H,7,16-17,19-20,22-24H2,1-6H3/b39-21+. The van der Waals surface area contributed by atoms with Gasteiger partial charge >= 0.3 is 23.9 Å². The van der Waals surface area contributed by atoms with Gasteiger partial charge in [-0.25, -0.2) is 4.79 Å². The van der Waals surface area contributed by atoms with E-state index < -0.39 is 52.6 Å². The highest BCUT2D eigenvalue weighted by molar-refractivity contribution is 6.13. The molecule has 11 nitrogen and oxygen atoms in total. The third-order valence-electron chi connectivity index (χ3n) is 9.34. The van der Waals surface area contributed by atoms with Crippen LogP contribution in [0.5, 0.6) is 0 Å². The summed E-state index contributed by atoms with van der Waals surface area (Å²) in [4.78, 5) is 59.0. The van der Waals surface area contributed by atoms with Crippen LogP contribution >= 0.6 is 0 Å². The number of esters is 3. The Bertz CT molecular complexity index is 1640. The molecular formula is C38H47NO10. The number of aliphatic hydroxyl groups excluding tert-OH is 1. The van der Waals surface area contributed by atoms with E-state index in [2.05, 4.69) is 11.2 Å². The van der Waals surface area contributed by atoms with Gasteiger partial charge in [-0.2, -0.15) is 0 Å². The minimum atomic E-state index is -1.37. The van der Waals surface area contributed by atoms with Gasteiger partial charge < -0.3 is 28.9 Å². The zero-order chi connectivity index (χ0) is 35.8. The lowest BCUT2D eigenvalue weighted by atomic mass is 9.66. The van der Waals surface area contributed by atoms with Gasteiger partial charge in [-0.3, -0.25) is 14.4 Å². The molecule has 264 valence electrons.